The summed E-state index contributed by atoms with van der Waals surface area (Å²) in [6.07, 6.45) is 6.99. The van der Waals surface area contributed by atoms with E-state index in [0.29, 0.717) is 11.5 Å². The molecular weight excluding hydrogens is 453 g/mol. The Labute approximate surface area is 214 Å². The normalized spacial score (nSPS) is 21.5. The van der Waals surface area contributed by atoms with E-state index in [-0.39, 0.29) is 29.7 Å². The average Bonchev–Trinajstić information content (AvgIpc) is 2.92. The molecule has 2 atom stereocenters. The van der Waals surface area contributed by atoms with Crippen LogP contribution in [0, 0.1) is 5.92 Å². The van der Waals surface area contributed by atoms with Crippen molar-refractivity contribution in [2.45, 2.75) is 50.7 Å². The van der Waals surface area contributed by atoms with E-state index in [0.717, 1.165) is 55.6 Å². The van der Waals surface area contributed by atoms with Gasteiger partial charge in [-0.1, -0.05) is 49.1 Å². The molecule has 2 aromatic carbocycles. The van der Waals surface area contributed by atoms with Gasteiger partial charge in [-0.15, -0.1) is 0 Å². The zero-order valence-corrected chi connectivity index (χ0v) is 21.6. The average molecular weight is 492 g/mol. The Hall–Kier alpha value is -2.89. The number of benzene rings is 2. The molecule has 36 heavy (non-hydrogen) atoms. The van der Waals surface area contributed by atoms with Crippen LogP contribution in [0.5, 0.6) is 5.75 Å². The first-order chi connectivity index (χ1) is 17.5. The molecule has 5 heteroatoms. The first kappa shape index (κ1) is 26.2. The quantitative estimate of drug-likeness (QED) is 0.324. The van der Waals surface area contributed by atoms with Gasteiger partial charge < -0.3 is 19.5 Å². The molecule has 2 aliphatic rings. The van der Waals surface area contributed by atoms with Gasteiger partial charge in [-0.2, -0.15) is 0 Å². The molecule has 0 radical (unpaired) electrons. The third-order valence-corrected chi connectivity index (χ3v) is 7.82. The molecule has 2 aromatic rings. The number of phenolic OH excluding ortho intramolecular Hbond substituents is 1. The summed E-state index contributed by atoms with van der Waals surface area (Å²) in [5.74, 6) is 0.223. The molecule has 192 valence electrons. The van der Waals surface area contributed by atoms with Gasteiger partial charge in [0, 0.05) is 44.8 Å². The number of aryl methyl sites for hydroxylation is 1. The van der Waals surface area contributed by atoms with Gasteiger partial charge in [0.25, 0.3) is 0 Å². The second kappa shape index (κ2) is 11.9. The molecule has 4 nitrogen and oxygen atoms in total. The highest BCUT2D eigenvalue weighted by Gasteiger charge is 2.34. The summed E-state index contributed by atoms with van der Waals surface area (Å²) >= 11 is 0. The summed E-state index contributed by atoms with van der Waals surface area (Å²) in [7, 11) is 3.35. The number of fused-ring (bicyclic) bond motifs is 1. The summed E-state index contributed by atoms with van der Waals surface area (Å²) in [6, 6.07) is 15.8. The molecular formula is C31H38FNO3. The van der Waals surface area contributed by atoms with E-state index in [1.54, 1.807) is 26.4 Å². The monoisotopic (exact) mass is 491 g/mol. The smallest absolute Gasteiger partial charge is 0.159 e. The second-order valence-electron chi connectivity index (χ2n) is 9.81. The van der Waals surface area contributed by atoms with Crippen LogP contribution < -0.4 is 0 Å². The zero-order chi connectivity index (χ0) is 25.7. The Morgan fingerprint density at radius 2 is 1.78 bits per heavy atom. The Morgan fingerprint density at radius 1 is 1.08 bits per heavy atom. The fourth-order valence-electron chi connectivity index (χ4n) is 5.94. The summed E-state index contributed by atoms with van der Waals surface area (Å²) in [6.45, 7) is 7.87. The maximum absolute atomic E-state index is 16.0. The lowest BCUT2D eigenvalue weighted by Gasteiger charge is -2.37. The van der Waals surface area contributed by atoms with Crippen molar-refractivity contribution in [1.82, 2.24) is 4.90 Å². The van der Waals surface area contributed by atoms with E-state index in [2.05, 4.69) is 23.6 Å². The van der Waals surface area contributed by atoms with Gasteiger partial charge in [-0.25, -0.2) is 4.39 Å². The Balaban J connectivity index is 1.58. The molecule has 0 spiro atoms. The molecule has 0 saturated carbocycles. The van der Waals surface area contributed by atoms with Crippen molar-refractivity contribution in [2.24, 2.45) is 5.92 Å². The van der Waals surface area contributed by atoms with Gasteiger partial charge in [0.15, 0.2) is 6.29 Å². The third kappa shape index (κ3) is 5.58. The number of nitrogens with zero attached hydrogens (tertiary/aromatic N) is 1. The van der Waals surface area contributed by atoms with E-state index >= 15 is 4.39 Å². The number of likely N-dealkylation sites (tertiary alicyclic amines) is 1. The van der Waals surface area contributed by atoms with Crippen molar-refractivity contribution in [3.05, 3.63) is 101 Å². The summed E-state index contributed by atoms with van der Waals surface area (Å²) in [4.78, 5) is 2.23. The Bertz CT molecular complexity index is 1100. The number of hydrogen-bond acceptors (Lipinski definition) is 4. The lowest BCUT2D eigenvalue weighted by atomic mass is 9.69. The van der Waals surface area contributed by atoms with E-state index in [4.69, 9.17) is 9.47 Å². The van der Waals surface area contributed by atoms with Gasteiger partial charge >= 0.3 is 0 Å². The molecule has 1 saturated heterocycles. The molecule has 4 rings (SSSR count). The highest BCUT2D eigenvalue weighted by molar-refractivity contribution is 5.49. The van der Waals surface area contributed by atoms with Gasteiger partial charge in [0.1, 0.15) is 11.6 Å². The minimum Gasteiger partial charge on any atom is -0.508 e. The minimum atomic E-state index is -0.288. The first-order valence-corrected chi connectivity index (χ1v) is 12.9. The van der Waals surface area contributed by atoms with Crippen LogP contribution >= 0.6 is 0 Å². The Kier molecular flexibility index (Phi) is 8.65. The van der Waals surface area contributed by atoms with Crippen LogP contribution in [0.2, 0.25) is 0 Å². The molecule has 0 unspecified atom stereocenters. The number of halogens is 1. The van der Waals surface area contributed by atoms with E-state index < -0.39 is 0 Å². The molecule has 0 aromatic heterocycles. The van der Waals surface area contributed by atoms with Gasteiger partial charge in [0.05, 0.1) is 0 Å². The number of rotatable bonds is 8. The zero-order valence-electron chi connectivity index (χ0n) is 21.6. The van der Waals surface area contributed by atoms with Crippen molar-refractivity contribution in [1.29, 1.82) is 0 Å². The number of methoxy groups -OCH3 is 2. The molecule has 1 N–H and O–H groups in total. The van der Waals surface area contributed by atoms with Crippen LogP contribution in [0.15, 0.2) is 84.4 Å². The summed E-state index contributed by atoms with van der Waals surface area (Å²) in [5.41, 5.74) is 4.67. The number of allylic oxidation sites excluding steroid dienone is 4. The van der Waals surface area contributed by atoms with Gasteiger partial charge in [0.2, 0.25) is 0 Å². The van der Waals surface area contributed by atoms with E-state index in [9.17, 15) is 5.11 Å². The van der Waals surface area contributed by atoms with Crippen LogP contribution in [-0.2, 0) is 15.9 Å². The van der Waals surface area contributed by atoms with Gasteiger partial charge in [-0.05, 0) is 79.0 Å². The lowest BCUT2D eigenvalue weighted by molar-refractivity contribution is -0.145. The maximum atomic E-state index is 16.0. The van der Waals surface area contributed by atoms with E-state index in [1.807, 2.05) is 43.3 Å². The third-order valence-electron chi connectivity index (χ3n) is 7.82. The van der Waals surface area contributed by atoms with Crippen molar-refractivity contribution in [2.75, 3.05) is 27.3 Å². The number of aromatic hydroxyl groups is 1. The van der Waals surface area contributed by atoms with Crippen molar-refractivity contribution >= 4 is 0 Å². The summed E-state index contributed by atoms with van der Waals surface area (Å²) in [5, 5.41) is 10.0. The maximum Gasteiger partial charge on any atom is 0.159 e. The molecule has 0 amide bonds. The predicted molar refractivity (Wildman–Crippen MR) is 143 cm³/mol. The van der Waals surface area contributed by atoms with Gasteiger partial charge in [-0.3, -0.25) is 0 Å². The van der Waals surface area contributed by atoms with Crippen LogP contribution in [0.1, 0.15) is 54.7 Å². The molecule has 1 aliphatic carbocycles. The highest BCUT2D eigenvalue weighted by Crippen LogP contribution is 2.48. The second-order valence-corrected chi connectivity index (χ2v) is 9.81. The first-order valence-electron chi connectivity index (χ1n) is 12.9. The number of ether oxygens (including phenoxy) is 2. The molecule has 0 bridgehead atoms. The molecule has 1 fully saturated rings. The minimum absolute atomic E-state index is 0.125. The number of phenols is 1. The van der Waals surface area contributed by atoms with E-state index in [1.165, 1.54) is 5.56 Å². The standard InChI is InChI=1S/C31H38FNO3/c1-5-25(33-17-15-23(16-18-33)31(35-3)36-4)20-29(32)21(2)30-27(22-9-7-6-8-10-22)13-11-24-19-26(34)12-14-28(24)30/h5-10,12,14,19-20,23,27,30-31,34H,2,11,13,15-18H2,1,3-4H3/b25-5+,29-20+/t27-,30+/m1/s1. The highest BCUT2D eigenvalue weighted by atomic mass is 19.1. The van der Waals surface area contributed by atoms with Crippen LogP contribution in [0.3, 0.4) is 0 Å². The van der Waals surface area contributed by atoms with Crippen molar-refractivity contribution < 1.29 is 19.0 Å². The Morgan fingerprint density at radius 3 is 2.42 bits per heavy atom. The fraction of sp³-hybridized carbons (Fsp3) is 0.419. The molecule has 1 aliphatic heterocycles. The van der Waals surface area contributed by atoms with Crippen molar-refractivity contribution in [3.8, 4) is 5.75 Å². The number of hydrogen-bond donors (Lipinski definition) is 1. The SMILES string of the molecule is C=C(/C(F)=C\C(=C/C)N1CCC(C(OC)OC)CC1)[C@@H]1c2ccc(O)cc2CC[C@@H]1c1ccccc1. The largest absolute Gasteiger partial charge is 0.508 e. The number of piperidine rings is 1. The lowest BCUT2D eigenvalue weighted by Crippen LogP contribution is -2.38. The topological polar surface area (TPSA) is 41.9 Å². The fourth-order valence-corrected chi connectivity index (χ4v) is 5.94. The van der Waals surface area contributed by atoms with Crippen molar-refractivity contribution in [3.63, 3.8) is 0 Å². The van der Waals surface area contributed by atoms with Crippen LogP contribution in [0.25, 0.3) is 0 Å². The summed E-state index contributed by atoms with van der Waals surface area (Å²) < 4.78 is 26.9. The molecule has 1 heterocycles. The van der Waals surface area contributed by atoms with Crippen LogP contribution in [-0.4, -0.2) is 43.6 Å². The predicted octanol–water partition coefficient (Wildman–Crippen LogP) is 6.85. The van der Waals surface area contributed by atoms with Crippen LogP contribution in [0.4, 0.5) is 4.39 Å².